The highest BCUT2D eigenvalue weighted by atomic mass is 32.1. The van der Waals surface area contributed by atoms with Gasteiger partial charge in [0.05, 0.1) is 12.6 Å². The van der Waals surface area contributed by atoms with E-state index in [4.69, 9.17) is 4.84 Å². The van der Waals surface area contributed by atoms with Gasteiger partial charge >= 0.3 is 0 Å². The first-order valence-electron chi connectivity index (χ1n) is 9.18. The summed E-state index contributed by atoms with van der Waals surface area (Å²) in [6.07, 6.45) is 6.18. The van der Waals surface area contributed by atoms with Gasteiger partial charge in [0.25, 0.3) is 0 Å². The van der Waals surface area contributed by atoms with Crippen LogP contribution in [0, 0.1) is 19.8 Å². The van der Waals surface area contributed by atoms with Gasteiger partial charge in [-0.15, -0.1) is 11.3 Å². The van der Waals surface area contributed by atoms with Crippen LogP contribution in [0.15, 0.2) is 24.5 Å². The van der Waals surface area contributed by atoms with E-state index in [1.54, 1.807) is 16.4 Å². The fourth-order valence-electron chi connectivity index (χ4n) is 3.63. The highest BCUT2D eigenvalue weighted by Crippen LogP contribution is 2.36. The van der Waals surface area contributed by atoms with Gasteiger partial charge in [-0.05, 0) is 44.4 Å². The van der Waals surface area contributed by atoms with E-state index in [0.29, 0.717) is 6.61 Å². The van der Waals surface area contributed by atoms with Crippen LogP contribution in [0.1, 0.15) is 40.6 Å². The maximum absolute atomic E-state index is 13.0. The number of thiophene rings is 1. The average Bonchev–Trinajstić information content (AvgIpc) is 3.30. The van der Waals surface area contributed by atoms with Crippen molar-refractivity contribution in [2.75, 3.05) is 24.6 Å². The summed E-state index contributed by atoms with van der Waals surface area (Å²) >= 11 is 1.75. The first kappa shape index (κ1) is 17.4. The zero-order valence-corrected chi connectivity index (χ0v) is 16.0. The Morgan fingerprint density at radius 3 is 2.54 bits per heavy atom. The van der Waals surface area contributed by atoms with Crippen molar-refractivity contribution in [1.82, 2.24) is 15.0 Å². The lowest BCUT2D eigenvalue weighted by atomic mass is 9.95. The van der Waals surface area contributed by atoms with Crippen LogP contribution >= 0.6 is 11.3 Å². The van der Waals surface area contributed by atoms with Crippen LogP contribution in [0.3, 0.4) is 0 Å². The number of aromatic nitrogens is 2. The molecule has 138 valence electrons. The zero-order valence-electron chi connectivity index (χ0n) is 15.2. The number of anilines is 1. The minimum absolute atomic E-state index is 0.0124. The molecule has 0 radical (unpaired) electrons. The summed E-state index contributed by atoms with van der Waals surface area (Å²) in [5, 5.41) is 1.65. The van der Waals surface area contributed by atoms with E-state index < -0.39 is 0 Å². The van der Waals surface area contributed by atoms with Crippen molar-refractivity contribution in [3.05, 3.63) is 39.8 Å². The van der Waals surface area contributed by atoms with Crippen molar-refractivity contribution >= 4 is 23.2 Å². The van der Waals surface area contributed by atoms with Crippen LogP contribution in [0.5, 0.6) is 0 Å². The first-order chi connectivity index (χ1) is 12.6. The molecule has 2 aliphatic heterocycles. The fourth-order valence-corrected chi connectivity index (χ4v) is 4.63. The van der Waals surface area contributed by atoms with Gasteiger partial charge in [0, 0.05) is 47.6 Å². The molecule has 4 rings (SSSR count). The molecule has 0 aliphatic carbocycles. The highest BCUT2D eigenvalue weighted by Gasteiger charge is 2.37. The van der Waals surface area contributed by atoms with Gasteiger partial charge in [-0.2, -0.15) is 0 Å². The molecule has 0 bridgehead atoms. The van der Waals surface area contributed by atoms with Crippen LogP contribution in [0.4, 0.5) is 5.95 Å². The number of nitrogens with zero attached hydrogens (tertiary/aromatic N) is 4. The van der Waals surface area contributed by atoms with Gasteiger partial charge in [0.15, 0.2) is 0 Å². The van der Waals surface area contributed by atoms with Gasteiger partial charge in [0.2, 0.25) is 11.9 Å². The number of hydroxylamine groups is 2. The van der Waals surface area contributed by atoms with Crippen molar-refractivity contribution in [2.45, 2.75) is 39.2 Å². The van der Waals surface area contributed by atoms with Crippen LogP contribution in [-0.2, 0) is 9.63 Å². The normalized spacial score (nSPS) is 21.4. The second kappa shape index (κ2) is 7.32. The van der Waals surface area contributed by atoms with E-state index in [9.17, 15) is 4.79 Å². The number of carbonyl (C=O) groups excluding carboxylic acids is 1. The van der Waals surface area contributed by atoms with Crippen LogP contribution in [0.25, 0.3) is 0 Å². The van der Waals surface area contributed by atoms with E-state index in [0.717, 1.165) is 43.9 Å². The molecular formula is C19H24N4O2S. The maximum Gasteiger partial charge on any atom is 0.249 e. The molecular weight excluding hydrogens is 348 g/mol. The Bertz CT molecular complexity index is 768. The first-order valence-corrected chi connectivity index (χ1v) is 9.99. The molecule has 2 aromatic rings. The fraction of sp³-hybridized carbons (Fsp3) is 0.526. The second-order valence-corrected chi connectivity index (χ2v) is 8.39. The molecule has 0 unspecified atom stereocenters. The Balaban J connectivity index is 1.39. The summed E-state index contributed by atoms with van der Waals surface area (Å²) in [7, 11) is 0. The molecule has 0 aromatic carbocycles. The van der Waals surface area contributed by atoms with Crippen molar-refractivity contribution in [3.8, 4) is 0 Å². The number of piperidine rings is 1. The standard InChI is InChI=1S/C19H24N4O2S/c1-13-11-20-19(21-12-13)22-8-5-15(6-9-22)18(24)23-16(7-10-25-23)17-4-3-14(2)26-17/h3-4,11-12,15-16H,5-10H2,1-2H3/t16-/m0/s1. The SMILES string of the molecule is Cc1cnc(N2CCC(C(=O)N3OCC[C@H]3c3ccc(C)s3)CC2)nc1. The third kappa shape index (κ3) is 3.46. The smallest absolute Gasteiger partial charge is 0.249 e. The number of hydrogen-bond acceptors (Lipinski definition) is 6. The molecule has 2 aliphatic rings. The van der Waals surface area contributed by atoms with Crippen molar-refractivity contribution in [2.24, 2.45) is 5.92 Å². The van der Waals surface area contributed by atoms with Crippen LogP contribution in [0.2, 0.25) is 0 Å². The summed E-state index contributed by atoms with van der Waals surface area (Å²) in [5.74, 6) is 0.896. The summed E-state index contributed by atoms with van der Waals surface area (Å²) in [5.41, 5.74) is 1.06. The Hall–Kier alpha value is -1.99. The minimum Gasteiger partial charge on any atom is -0.341 e. The predicted molar refractivity (Wildman–Crippen MR) is 101 cm³/mol. The number of aryl methyl sites for hydroxylation is 2. The molecule has 4 heterocycles. The quantitative estimate of drug-likeness (QED) is 0.828. The molecule has 2 fully saturated rings. The molecule has 1 amide bonds. The van der Waals surface area contributed by atoms with Gasteiger partial charge in [-0.3, -0.25) is 9.63 Å². The second-order valence-electron chi connectivity index (χ2n) is 7.07. The molecule has 26 heavy (non-hydrogen) atoms. The molecule has 7 heteroatoms. The number of hydrogen-bond donors (Lipinski definition) is 0. The third-order valence-corrected chi connectivity index (χ3v) is 6.21. The van der Waals surface area contributed by atoms with E-state index in [1.165, 1.54) is 9.75 Å². The van der Waals surface area contributed by atoms with Crippen LogP contribution in [-0.4, -0.2) is 40.6 Å². The predicted octanol–water partition coefficient (Wildman–Crippen LogP) is 3.28. The zero-order chi connectivity index (χ0) is 18.1. The lowest BCUT2D eigenvalue weighted by molar-refractivity contribution is -0.182. The maximum atomic E-state index is 13.0. The van der Waals surface area contributed by atoms with Crippen molar-refractivity contribution in [3.63, 3.8) is 0 Å². The Morgan fingerprint density at radius 1 is 1.15 bits per heavy atom. The van der Waals surface area contributed by atoms with Crippen molar-refractivity contribution in [1.29, 1.82) is 0 Å². The van der Waals surface area contributed by atoms with Crippen molar-refractivity contribution < 1.29 is 9.63 Å². The Labute approximate surface area is 157 Å². The summed E-state index contributed by atoms with van der Waals surface area (Å²) in [6.45, 7) is 6.30. The lowest BCUT2D eigenvalue weighted by Gasteiger charge is -2.33. The van der Waals surface area contributed by atoms with E-state index in [-0.39, 0.29) is 17.9 Å². The minimum atomic E-state index is 0.0124. The van der Waals surface area contributed by atoms with Crippen LogP contribution < -0.4 is 4.90 Å². The molecule has 2 saturated heterocycles. The highest BCUT2D eigenvalue weighted by molar-refractivity contribution is 7.12. The van der Waals surface area contributed by atoms with Gasteiger partial charge in [-0.1, -0.05) is 0 Å². The van der Waals surface area contributed by atoms with Gasteiger partial charge in [-0.25, -0.2) is 15.0 Å². The van der Waals surface area contributed by atoms with E-state index in [1.807, 2.05) is 19.3 Å². The van der Waals surface area contributed by atoms with E-state index >= 15 is 0 Å². The van der Waals surface area contributed by atoms with Gasteiger partial charge in [0.1, 0.15) is 0 Å². The Kier molecular flexibility index (Phi) is 4.91. The largest absolute Gasteiger partial charge is 0.341 e. The average molecular weight is 372 g/mol. The summed E-state index contributed by atoms with van der Waals surface area (Å²) < 4.78 is 0. The molecule has 1 atom stereocenters. The van der Waals surface area contributed by atoms with E-state index in [2.05, 4.69) is 33.9 Å². The molecule has 6 nitrogen and oxygen atoms in total. The Morgan fingerprint density at radius 2 is 1.88 bits per heavy atom. The third-order valence-electron chi connectivity index (χ3n) is 5.11. The topological polar surface area (TPSA) is 58.6 Å². The molecule has 0 N–H and O–H groups in total. The lowest BCUT2D eigenvalue weighted by Crippen LogP contribution is -2.42. The monoisotopic (exact) mass is 372 g/mol. The summed E-state index contributed by atoms with van der Waals surface area (Å²) in [4.78, 5) is 32.2. The van der Waals surface area contributed by atoms with Gasteiger partial charge < -0.3 is 4.90 Å². The number of carbonyl (C=O) groups is 1. The molecule has 0 saturated carbocycles. The molecule has 0 spiro atoms. The summed E-state index contributed by atoms with van der Waals surface area (Å²) in [6, 6.07) is 4.30. The number of amides is 1. The number of rotatable bonds is 3. The molecule has 2 aromatic heterocycles.